The van der Waals surface area contributed by atoms with Crippen LogP contribution < -0.4 is 0 Å². The molecule has 3 fully saturated rings. The molecule has 0 aliphatic carbocycles. The average molecular weight is 441 g/mol. The predicted octanol–water partition coefficient (Wildman–Crippen LogP) is 3.88. The Bertz CT molecular complexity index is 683. The first-order chi connectivity index (χ1) is 15.4. The van der Waals surface area contributed by atoms with Crippen molar-refractivity contribution >= 4 is 0 Å². The minimum atomic E-state index is 0.280. The molecule has 0 aromatic carbocycles. The van der Waals surface area contributed by atoms with E-state index in [1.807, 2.05) is 0 Å². The maximum absolute atomic E-state index is 9.61. The fraction of sp³-hybridized carbons (Fsp3) is 0.846. The van der Waals surface area contributed by atoms with Gasteiger partial charge in [0.1, 0.15) is 18.0 Å². The molecular formula is C26H44N6. The van der Waals surface area contributed by atoms with Crippen molar-refractivity contribution in [2.24, 2.45) is 11.8 Å². The molecule has 0 saturated carbocycles. The summed E-state index contributed by atoms with van der Waals surface area (Å²) in [5, 5.41) is 19.2. The zero-order valence-corrected chi connectivity index (χ0v) is 20.9. The van der Waals surface area contributed by atoms with Crippen LogP contribution in [0.15, 0.2) is 11.4 Å². The zero-order valence-electron chi connectivity index (χ0n) is 20.9. The van der Waals surface area contributed by atoms with Gasteiger partial charge in [-0.25, -0.2) is 0 Å². The van der Waals surface area contributed by atoms with Crippen LogP contribution in [-0.4, -0.2) is 84.0 Å². The van der Waals surface area contributed by atoms with Crippen LogP contribution in [0.1, 0.15) is 66.2 Å². The van der Waals surface area contributed by atoms with Crippen molar-refractivity contribution in [3.05, 3.63) is 11.4 Å². The van der Waals surface area contributed by atoms with E-state index in [-0.39, 0.29) is 5.57 Å². The van der Waals surface area contributed by atoms with Gasteiger partial charge in [0.25, 0.3) is 0 Å². The Hall–Kier alpha value is -1.76. The molecule has 6 nitrogen and oxygen atoms in total. The molecule has 0 amide bonds. The number of likely N-dealkylation sites (tertiary alicyclic amines) is 2. The summed E-state index contributed by atoms with van der Waals surface area (Å²) >= 11 is 0. The van der Waals surface area contributed by atoms with Gasteiger partial charge in [0.2, 0.25) is 0 Å². The molecule has 3 aliphatic rings. The molecule has 4 unspecified atom stereocenters. The summed E-state index contributed by atoms with van der Waals surface area (Å²) in [5.74, 6) is 2.45. The van der Waals surface area contributed by atoms with E-state index in [1.165, 1.54) is 38.8 Å². The van der Waals surface area contributed by atoms with Gasteiger partial charge >= 0.3 is 0 Å². The summed E-state index contributed by atoms with van der Waals surface area (Å²) in [7, 11) is 0. The van der Waals surface area contributed by atoms with E-state index >= 15 is 0 Å². The highest BCUT2D eigenvalue weighted by atomic mass is 15.4. The van der Waals surface area contributed by atoms with Gasteiger partial charge in [-0.1, -0.05) is 20.3 Å². The maximum Gasteiger partial charge on any atom is 0.169 e. The number of allylic oxidation sites excluding steroid dienone is 1. The molecule has 3 heterocycles. The van der Waals surface area contributed by atoms with Gasteiger partial charge in [0, 0.05) is 57.9 Å². The quantitative estimate of drug-likeness (QED) is 0.534. The second kappa shape index (κ2) is 11.9. The summed E-state index contributed by atoms with van der Waals surface area (Å²) < 4.78 is 0. The number of hydrogen-bond acceptors (Lipinski definition) is 6. The number of nitriles is 2. The van der Waals surface area contributed by atoms with Crippen LogP contribution in [-0.2, 0) is 0 Å². The van der Waals surface area contributed by atoms with Crippen LogP contribution in [0, 0.1) is 34.5 Å². The summed E-state index contributed by atoms with van der Waals surface area (Å²) in [4.78, 5) is 9.85. The van der Waals surface area contributed by atoms with Gasteiger partial charge in [-0.2, -0.15) is 10.5 Å². The second-order valence-corrected chi connectivity index (χ2v) is 10.7. The topological polar surface area (TPSA) is 60.5 Å². The summed E-state index contributed by atoms with van der Waals surface area (Å²) in [6.07, 6.45) is 7.45. The minimum absolute atomic E-state index is 0.280. The largest absolute Gasteiger partial charge is 0.355 e. The lowest BCUT2D eigenvalue weighted by molar-refractivity contribution is 0.0989. The Morgan fingerprint density at radius 1 is 0.812 bits per heavy atom. The molecule has 0 radical (unpaired) electrons. The van der Waals surface area contributed by atoms with Gasteiger partial charge < -0.3 is 14.7 Å². The van der Waals surface area contributed by atoms with Crippen molar-refractivity contribution < 1.29 is 0 Å². The van der Waals surface area contributed by atoms with E-state index in [4.69, 9.17) is 0 Å². The van der Waals surface area contributed by atoms with Crippen LogP contribution in [0.4, 0.5) is 0 Å². The van der Waals surface area contributed by atoms with Crippen LogP contribution in [0.2, 0.25) is 0 Å². The van der Waals surface area contributed by atoms with Crippen LogP contribution in [0.5, 0.6) is 0 Å². The molecule has 4 atom stereocenters. The molecule has 0 aromatic rings. The van der Waals surface area contributed by atoms with Gasteiger partial charge in [-0.15, -0.1) is 0 Å². The fourth-order valence-electron chi connectivity index (χ4n) is 6.35. The monoisotopic (exact) mass is 440 g/mol. The van der Waals surface area contributed by atoms with Crippen LogP contribution in [0.25, 0.3) is 0 Å². The molecule has 32 heavy (non-hydrogen) atoms. The highest BCUT2D eigenvalue weighted by Gasteiger charge is 2.30. The van der Waals surface area contributed by atoms with E-state index in [2.05, 4.69) is 59.4 Å². The molecule has 0 N–H and O–H groups in total. The van der Waals surface area contributed by atoms with E-state index in [1.54, 1.807) is 0 Å². The fourth-order valence-corrected chi connectivity index (χ4v) is 6.35. The summed E-state index contributed by atoms with van der Waals surface area (Å²) in [5.41, 5.74) is 0.280. The van der Waals surface area contributed by atoms with E-state index in [0.29, 0.717) is 12.1 Å². The first-order valence-corrected chi connectivity index (χ1v) is 12.9. The second-order valence-electron chi connectivity index (χ2n) is 10.7. The van der Waals surface area contributed by atoms with Crippen molar-refractivity contribution in [3.63, 3.8) is 0 Å². The maximum atomic E-state index is 9.61. The van der Waals surface area contributed by atoms with Crippen molar-refractivity contribution in [3.8, 4) is 12.1 Å². The third-order valence-corrected chi connectivity index (χ3v) is 7.75. The lowest BCUT2D eigenvalue weighted by Crippen LogP contribution is -2.44. The van der Waals surface area contributed by atoms with Crippen molar-refractivity contribution in [1.29, 1.82) is 10.5 Å². The predicted molar refractivity (Wildman–Crippen MR) is 129 cm³/mol. The molecular weight excluding hydrogens is 396 g/mol. The number of nitrogens with zero attached hydrogens (tertiary/aromatic N) is 6. The van der Waals surface area contributed by atoms with E-state index in [9.17, 15) is 10.5 Å². The average Bonchev–Trinajstić information content (AvgIpc) is 3.13. The SMILES string of the molecule is CC1CC(C)CN(CCCN2CCN(CCCN3C(C)CCCC3C)C2=C(C#N)C#N)C1. The third-order valence-electron chi connectivity index (χ3n) is 7.75. The first kappa shape index (κ1) is 24.9. The van der Waals surface area contributed by atoms with Crippen LogP contribution in [0.3, 0.4) is 0 Å². The molecule has 0 bridgehead atoms. The molecule has 6 heteroatoms. The van der Waals surface area contributed by atoms with Crippen molar-refractivity contribution in [2.45, 2.75) is 78.3 Å². The summed E-state index contributed by atoms with van der Waals surface area (Å²) in [6, 6.07) is 5.68. The van der Waals surface area contributed by atoms with Crippen LogP contribution >= 0.6 is 0 Å². The highest BCUT2D eigenvalue weighted by Crippen LogP contribution is 2.26. The number of hydrogen-bond donors (Lipinski definition) is 0. The first-order valence-electron chi connectivity index (χ1n) is 12.9. The lowest BCUT2D eigenvalue weighted by Gasteiger charge is -2.39. The highest BCUT2D eigenvalue weighted by molar-refractivity contribution is 5.40. The standard InChI is InChI=1S/C26H44N6/c1-21-16-22(2)20-29(19-21)10-6-11-30-14-15-31(26(30)25(17-27)18-28)12-7-13-32-23(3)8-5-9-24(32)4/h21-24H,5-16,19-20H2,1-4H3. The van der Waals surface area contributed by atoms with Gasteiger partial charge in [-0.3, -0.25) is 4.90 Å². The zero-order chi connectivity index (χ0) is 23.1. The Balaban J connectivity index is 1.53. The van der Waals surface area contributed by atoms with Gasteiger partial charge in [0.05, 0.1) is 0 Å². The Labute approximate surface area is 196 Å². The molecule has 3 aliphatic heterocycles. The molecule has 178 valence electrons. The lowest BCUT2D eigenvalue weighted by atomic mass is 9.92. The van der Waals surface area contributed by atoms with Gasteiger partial charge in [-0.05, 0) is 64.3 Å². The molecule has 0 aromatic heterocycles. The number of piperidine rings is 2. The Kier molecular flexibility index (Phi) is 9.26. The normalized spacial score (nSPS) is 29.8. The Morgan fingerprint density at radius 2 is 1.34 bits per heavy atom. The smallest absolute Gasteiger partial charge is 0.169 e. The van der Waals surface area contributed by atoms with Crippen molar-refractivity contribution in [2.75, 3.05) is 52.4 Å². The Morgan fingerprint density at radius 3 is 1.88 bits per heavy atom. The van der Waals surface area contributed by atoms with E-state index in [0.717, 1.165) is 69.8 Å². The van der Waals surface area contributed by atoms with E-state index < -0.39 is 0 Å². The van der Waals surface area contributed by atoms with Gasteiger partial charge in [0.15, 0.2) is 5.57 Å². The minimum Gasteiger partial charge on any atom is -0.355 e. The molecule has 0 spiro atoms. The molecule has 3 rings (SSSR count). The third kappa shape index (κ3) is 6.40. The number of rotatable bonds is 8. The molecule has 3 saturated heterocycles. The summed E-state index contributed by atoms with van der Waals surface area (Å²) in [6.45, 7) is 17.7. The van der Waals surface area contributed by atoms with Crippen molar-refractivity contribution in [1.82, 2.24) is 19.6 Å².